The van der Waals surface area contributed by atoms with Crippen LogP contribution in [0.25, 0.3) is 0 Å². The first-order chi connectivity index (χ1) is 12.6. The number of ether oxygens (including phenoxy) is 1. The first-order valence-electron chi connectivity index (χ1n) is 8.67. The van der Waals surface area contributed by atoms with Gasteiger partial charge in [-0.05, 0) is 25.0 Å². The van der Waals surface area contributed by atoms with Gasteiger partial charge in [-0.25, -0.2) is 0 Å². The van der Waals surface area contributed by atoms with Crippen LogP contribution in [0.2, 0.25) is 0 Å². The summed E-state index contributed by atoms with van der Waals surface area (Å²) in [4.78, 5) is 30.0. The molecule has 0 spiro atoms. The summed E-state index contributed by atoms with van der Waals surface area (Å²) in [5.74, 6) is 2.10. The summed E-state index contributed by atoms with van der Waals surface area (Å²) in [5, 5.41) is 2.87. The topological polar surface area (TPSA) is 83.5 Å². The van der Waals surface area contributed by atoms with Crippen LogP contribution in [0.5, 0.6) is 5.75 Å². The molecule has 1 amide bonds. The Morgan fingerprint density at radius 1 is 1.19 bits per heavy atom. The van der Waals surface area contributed by atoms with E-state index in [1.807, 2.05) is 25.1 Å². The molecule has 0 aliphatic carbocycles. The van der Waals surface area contributed by atoms with Gasteiger partial charge in [0.05, 0.1) is 19.2 Å². The fraction of sp³-hybridized carbons (Fsp3) is 0.444. The molecule has 2 heterocycles. The second-order valence-corrected chi connectivity index (χ2v) is 6.32. The van der Waals surface area contributed by atoms with Gasteiger partial charge in [0.1, 0.15) is 5.75 Å². The van der Waals surface area contributed by atoms with Gasteiger partial charge in [-0.3, -0.25) is 4.79 Å². The second kappa shape index (κ2) is 7.99. The van der Waals surface area contributed by atoms with Gasteiger partial charge in [-0.15, -0.1) is 0 Å². The summed E-state index contributed by atoms with van der Waals surface area (Å²) >= 11 is 0. The average molecular weight is 356 g/mol. The molecule has 0 radical (unpaired) electrons. The van der Waals surface area contributed by atoms with Crippen molar-refractivity contribution in [1.29, 1.82) is 0 Å². The maximum atomic E-state index is 12.5. The standard InChI is InChI=1S/C18H24N6O2/c1-23(2)17-20-15(21-18(22-17)24-10-6-7-11-24)12-19-16(25)13-8-4-5-9-14(13)26-3/h4-5,8-9H,6-7,10-12H2,1-3H3,(H,19,25). The second-order valence-electron chi connectivity index (χ2n) is 6.32. The van der Waals surface area contributed by atoms with E-state index in [4.69, 9.17) is 4.74 Å². The van der Waals surface area contributed by atoms with E-state index in [1.165, 1.54) is 0 Å². The molecule has 1 saturated heterocycles. The summed E-state index contributed by atoms with van der Waals surface area (Å²) < 4.78 is 5.24. The molecule has 2 aromatic rings. The van der Waals surface area contributed by atoms with Gasteiger partial charge in [0.15, 0.2) is 5.82 Å². The Bertz CT molecular complexity index is 774. The number of para-hydroxylation sites is 1. The van der Waals surface area contributed by atoms with Crippen molar-refractivity contribution in [1.82, 2.24) is 20.3 Å². The average Bonchev–Trinajstić information content (AvgIpc) is 3.20. The minimum Gasteiger partial charge on any atom is -0.496 e. The molecule has 3 rings (SSSR count). The predicted octanol–water partition coefficient (Wildman–Crippen LogP) is 1.48. The Labute approximate surface area is 153 Å². The van der Waals surface area contributed by atoms with E-state index in [-0.39, 0.29) is 12.5 Å². The molecule has 8 nitrogen and oxygen atoms in total. The summed E-state index contributed by atoms with van der Waals surface area (Å²) in [6, 6.07) is 7.11. The van der Waals surface area contributed by atoms with E-state index in [2.05, 4.69) is 25.2 Å². The Kier molecular flexibility index (Phi) is 5.50. The van der Waals surface area contributed by atoms with E-state index in [0.29, 0.717) is 29.0 Å². The molecule has 1 aromatic carbocycles. The lowest BCUT2D eigenvalue weighted by atomic mass is 10.2. The highest BCUT2D eigenvalue weighted by atomic mass is 16.5. The Morgan fingerprint density at radius 2 is 1.92 bits per heavy atom. The number of nitrogens with one attached hydrogen (secondary N) is 1. The van der Waals surface area contributed by atoms with E-state index in [1.54, 1.807) is 25.3 Å². The van der Waals surface area contributed by atoms with Crippen LogP contribution >= 0.6 is 0 Å². The molecule has 0 atom stereocenters. The molecule has 1 aromatic heterocycles. The third kappa shape index (κ3) is 4.01. The monoisotopic (exact) mass is 356 g/mol. The van der Waals surface area contributed by atoms with E-state index in [0.717, 1.165) is 25.9 Å². The van der Waals surface area contributed by atoms with Crippen LogP contribution in [0.1, 0.15) is 29.0 Å². The molecule has 0 saturated carbocycles. The molecular weight excluding hydrogens is 332 g/mol. The van der Waals surface area contributed by atoms with Crippen LogP contribution in [0, 0.1) is 0 Å². The number of hydrogen-bond donors (Lipinski definition) is 1. The highest BCUT2D eigenvalue weighted by Crippen LogP contribution is 2.19. The molecular formula is C18H24N6O2. The fourth-order valence-corrected chi connectivity index (χ4v) is 2.82. The highest BCUT2D eigenvalue weighted by molar-refractivity contribution is 5.96. The number of aromatic nitrogens is 3. The molecule has 26 heavy (non-hydrogen) atoms. The largest absolute Gasteiger partial charge is 0.496 e. The normalized spacial score (nSPS) is 13.6. The number of hydrogen-bond acceptors (Lipinski definition) is 7. The maximum absolute atomic E-state index is 12.5. The van der Waals surface area contributed by atoms with Crippen LogP contribution in [0.15, 0.2) is 24.3 Å². The zero-order valence-electron chi connectivity index (χ0n) is 15.4. The molecule has 0 bridgehead atoms. The smallest absolute Gasteiger partial charge is 0.255 e. The van der Waals surface area contributed by atoms with E-state index < -0.39 is 0 Å². The van der Waals surface area contributed by atoms with Gasteiger partial charge in [0, 0.05) is 27.2 Å². The number of benzene rings is 1. The van der Waals surface area contributed by atoms with Crippen LogP contribution in [-0.4, -0.2) is 55.2 Å². The number of methoxy groups -OCH3 is 1. The van der Waals surface area contributed by atoms with Crippen molar-refractivity contribution in [3.8, 4) is 5.75 Å². The van der Waals surface area contributed by atoms with Gasteiger partial charge in [0.25, 0.3) is 5.91 Å². The number of carbonyl (C=O) groups is 1. The van der Waals surface area contributed by atoms with Crippen molar-refractivity contribution in [3.05, 3.63) is 35.7 Å². The first kappa shape index (κ1) is 17.9. The maximum Gasteiger partial charge on any atom is 0.255 e. The first-order valence-corrected chi connectivity index (χ1v) is 8.67. The number of nitrogens with zero attached hydrogens (tertiary/aromatic N) is 5. The zero-order valence-corrected chi connectivity index (χ0v) is 15.4. The zero-order chi connectivity index (χ0) is 18.5. The Balaban J connectivity index is 1.77. The van der Waals surface area contributed by atoms with Gasteiger partial charge in [0.2, 0.25) is 11.9 Å². The van der Waals surface area contributed by atoms with E-state index >= 15 is 0 Å². The summed E-state index contributed by atoms with van der Waals surface area (Å²) in [6.07, 6.45) is 2.28. The Morgan fingerprint density at radius 3 is 2.62 bits per heavy atom. The third-order valence-corrected chi connectivity index (χ3v) is 4.21. The van der Waals surface area contributed by atoms with Crippen molar-refractivity contribution < 1.29 is 9.53 Å². The van der Waals surface area contributed by atoms with Crippen LogP contribution in [-0.2, 0) is 6.54 Å². The molecule has 1 fully saturated rings. The molecule has 1 aliphatic rings. The van der Waals surface area contributed by atoms with Gasteiger partial charge >= 0.3 is 0 Å². The highest BCUT2D eigenvalue weighted by Gasteiger charge is 2.18. The van der Waals surface area contributed by atoms with Crippen LogP contribution < -0.4 is 19.9 Å². The SMILES string of the molecule is COc1ccccc1C(=O)NCc1nc(N(C)C)nc(N2CCCC2)n1. The van der Waals surface area contributed by atoms with Gasteiger partial charge < -0.3 is 19.9 Å². The summed E-state index contributed by atoms with van der Waals surface area (Å²) in [5.41, 5.74) is 0.483. The van der Waals surface area contributed by atoms with Crippen molar-refractivity contribution in [3.63, 3.8) is 0 Å². The van der Waals surface area contributed by atoms with Crippen molar-refractivity contribution >= 4 is 17.8 Å². The summed E-state index contributed by atoms with van der Waals surface area (Å²) in [6.45, 7) is 2.12. The molecule has 1 N–H and O–H groups in total. The number of carbonyl (C=O) groups excluding carboxylic acids is 1. The number of rotatable bonds is 6. The van der Waals surface area contributed by atoms with Crippen LogP contribution in [0.3, 0.4) is 0 Å². The molecule has 138 valence electrons. The molecule has 8 heteroatoms. The third-order valence-electron chi connectivity index (χ3n) is 4.21. The van der Waals surface area contributed by atoms with E-state index in [9.17, 15) is 4.79 Å². The summed E-state index contributed by atoms with van der Waals surface area (Å²) in [7, 11) is 5.32. The minimum atomic E-state index is -0.225. The lowest BCUT2D eigenvalue weighted by Crippen LogP contribution is -2.27. The van der Waals surface area contributed by atoms with Gasteiger partial charge in [-0.1, -0.05) is 12.1 Å². The Hall–Kier alpha value is -2.90. The molecule has 1 aliphatic heterocycles. The van der Waals surface area contributed by atoms with Crippen molar-refractivity contribution in [2.75, 3.05) is 44.1 Å². The van der Waals surface area contributed by atoms with Crippen molar-refractivity contribution in [2.45, 2.75) is 19.4 Å². The molecule has 0 unspecified atom stereocenters. The predicted molar refractivity (Wildman–Crippen MR) is 99.8 cm³/mol. The quantitative estimate of drug-likeness (QED) is 0.839. The lowest BCUT2D eigenvalue weighted by Gasteiger charge is -2.19. The van der Waals surface area contributed by atoms with Crippen LogP contribution in [0.4, 0.5) is 11.9 Å². The number of anilines is 2. The minimum absolute atomic E-state index is 0.223. The lowest BCUT2D eigenvalue weighted by molar-refractivity contribution is 0.0947. The fourth-order valence-electron chi connectivity index (χ4n) is 2.82. The van der Waals surface area contributed by atoms with Gasteiger partial charge in [-0.2, -0.15) is 15.0 Å². The van der Waals surface area contributed by atoms with Crippen molar-refractivity contribution in [2.24, 2.45) is 0 Å². The number of amides is 1.